The first kappa shape index (κ1) is 10.7. The molecule has 0 saturated heterocycles. The minimum atomic E-state index is -0.951. The molecule has 1 heterocycles. The fourth-order valence-electron chi connectivity index (χ4n) is 1.10. The zero-order valence-corrected chi connectivity index (χ0v) is 7.64. The van der Waals surface area contributed by atoms with Crippen molar-refractivity contribution in [1.29, 1.82) is 0 Å². The number of carboxylic acids is 1. The first-order valence-electron chi connectivity index (χ1n) is 3.71. The van der Waals surface area contributed by atoms with Crippen LogP contribution in [0, 0.1) is 0 Å². The molecule has 0 saturated carbocycles. The number of fused-ring (bicyclic) bond motifs is 1. The Kier molecular flexibility index (Phi) is 3.23. The molecule has 0 aliphatic heterocycles. The van der Waals surface area contributed by atoms with Crippen LogP contribution in [0.15, 0.2) is 30.6 Å². The molecule has 0 atom stereocenters. The Bertz CT molecular complexity index is 478. The number of nitrogens with zero attached hydrogens (tertiary/aromatic N) is 2. The summed E-state index contributed by atoms with van der Waals surface area (Å²) in [5, 5.41) is 8.70. The van der Waals surface area contributed by atoms with Gasteiger partial charge in [0.15, 0.2) is 0 Å². The molecule has 0 aliphatic carbocycles. The van der Waals surface area contributed by atoms with E-state index >= 15 is 0 Å². The number of aromatic carboxylic acids is 1. The van der Waals surface area contributed by atoms with E-state index in [-0.39, 0.29) is 25.9 Å². The SMILES string of the molecule is O=C(O)c1ccc2nccnc2c1.[H-].[Li+]. The van der Waals surface area contributed by atoms with Crippen LogP contribution in [0.25, 0.3) is 11.0 Å². The monoisotopic (exact) mass is 182 g/mol. The number of aromatic nitrogens is 2. The third kappa shape index (κ3) is 1.92. The van der Waals surface area contributed by atoms with Crippen molar-refractivity contribution >= 4 is 17.0 Å². The molecule has 2 rings (SSSR count). The maximum absolute atomic E-state index is 10.6. The van der Waals surface area contributed by atoms with Crippen LogP contribution in [0.1, 0.15) is 11.8 Å². The summed E-state index contributed by atoms with van der Waals surface area (Å²) in [6.45, 7) is 0. The number of rotatable bonds is 1. The topological polar surface area (TPSA) is 63.1 Å². The smallest absolute Gasteiger partial charge is 1.00 e. The van der Waals surface area contributed by atoms with Crippen molar-refractivity contribution in [3.8, 4) is 0 Å². The fourth-order valence-corrected chi connectivity index (χ4v) is 1.10. The maximum Gasteiger partial charge on any atom is 1.00 e. The first-order valence-corrected chi connectivity index (χ1v) is 3.71. The van der Waals surface area contributed by atoms with Gasteiger partial charge in [0.25, 0.3) is 0 Å². The van der Waals surface area contributed by atoms with Crippen molar-refractivity contribution in [1.82, 2.24) is 9.97 Å². The van der Waals surface area contributed by atoms with Crippen LogP contribution < -0.4 is 18.9 Å². The number of carboxylic acid groups (broad SMARTS) is 1. The summed E-state index contributed by atoms with van der Waals surface area (Å²) in [7, 11) is 0. The van der Waals surface area contributed by atoms with Crippen molar-refractivity contribution in [2.75, 3.05) is 0 Å². The number of hydrogen-bond donors (Lipinski definition) is 1. The molecule has 66 valence electrons. The van der Waals surface area contributed by atoms with Crippen LogP contribution in [0.3, 0.4) is 0 Å². The van der Waals surface area contributed by atoms with Gasteiger partial charge in [0.05, 0.1) is 16.6 Å². The Balaban J connectivity index is 0.000000980. The second-order valence-electron chi connectivity index (χ2n) is 2.56. The van der Waals surface area contributed by atoms with Crippen LogP contribution in [-0.2, 0) is 0 Å². The van der Waals surface area contributed by atoms with E-state index < -0.39 is 5.97 Å². The molecule has 1 aromatic carbocycles. The van der Waals surface area contributed by atoms with Gasteiger partial charge in [-0.1, -0.05) is 0 Å². The van der Waals surface area contributed by atoms with Gasteiger partial charge in [0.1, 0.15) is 0 Å². The summed E-state index contributed by atoms with van der Waals surface area (Å²) in [6, 6.07) is 4.66. The van der Waals surface area contributed by atoms with Gasteiger partial charge in [0, 0.05) is 12.4 Å². The van der Waals surface area contributed by atoms with Gasteiger partial charge in [-0.2, -0.15) is 0 Å². The third-order valence-electron chi connectivity index (χ3n) is 1.72. The molecule has 0 spiro atoms. The van der Waals surface area contributed by atoms with Crippen LogP contribution in [0.4, 0.5) is 0 Å². The molecule has 0 fully saturated rings. The summed E-state index contributed by atoms with van der Waals surface area (Å²) in [4.78, 5) is 18.6. The van der Waals surface area contributed by atoms with E-state index in [4.69, 9.17) is 5.11 Å². The largest absolute Gasteiger partial charge is 1.00 e. The molecule has 5 heteroatoms. The standard InChI is InChI=1S/C9H6N2O2.Li.H/c12-9(13)6-1-2-7-8(5-6)11-4-3-10-7;;/h1-5H,(H,12,13);;/q;+1;-1. The van der Waals surface area contributed by atoms with Crippen LogP contribution >= 0.6 is 0 Å². The van der Waals surface area contributed by atoms with E-state index in [1.807, 2.05) is 0 Å². The van der Waals surface area contributed by atoms with E-state index in [0.29, 0.717) is 11.0 Å². The van der Waals surface area contributed by atoms with Crippen LogP contribution in [0.5, 0.6) is 0 Å². The number of carbonyl (C=O) groups is 1. The number of hydrogen-bond acceptors (Lipinski definition) is 3. The summed E-state index contributed by atoms with van der Waals surface area (Å²) in [5.41, 5.74) is 1.53. The van der Waals surface area contributed by atoms with Gasteiger partial charge in [-0.3, -0.25) is 9.97 Å². The zero-order valence-electron chi connectivity index (χ0n) is 8.64. The minimum Gasteiger partial charge on any atom is -1.00 e. The normalized spacial score (nSPS) is 9.43. The quantitative estimate of drug-likeness (QED) is 0.542. The average molecular weight is 182 g/mol. The zero-order chi connectivity index (χ0) is 9.26. The van der Waals surface area contributed by atoms with Gasteiger partial charge < -0.3 is 6.53 Å². The van der Waals surface area contributed by atoms with E-state index in [2.05, 4.69) is 9.97 Å². The molecule has 1 N–H and O–H groups in total. The van der Waals surface area contributed by atoms with Crippen molar-refractivity contribution in [3.05, 3.63) is 36.2 Å². The Hall–Kier alpha value is -1.37. The summed E-state index contributed by atoms with van der Waals surface area (Å²) in [6.07, 6.45) is 3.11. The summed E-state index contributed by atoms with van der Waals surface area (Å²) in [5.74, 6) is -0.951. The number of benzene rings is 1. The molecule has 14 heavy (non-hydrogen) atoms. The molecule has 4 nitrogen and oxygen atoms in total. The second-order valence-corrected chi connectivity index (χ2v) is 2.56. The molecular formula is C9H7LiN2O2. The molecule has 0 radical (unpaired) electrons. The molecule has 1 aromatic heterocycles. The van der Waals surface area contributed by atoms with Gasteiger partial charge >= 0.3 is 24.8 Å². The Morgan fingerprint density at radius 3 is 2.50 bits per heavy atom. The Morgan fingerprint density at radius 1 is 1.21 bits per heavy atom. The van der Waals surface area contributed by atoms with E-state index in [1.165, 1.54) is 18.3 Å². The summed E-state index contributed by atoms with van der Waals surface area (Å²) >= 11 is 0. The van der Waals surface area contributed by atoms with E-state index in [1.54, 1.807) is 12.3 Å². The molecular weight excluding hydrogens is 175 g/mol. The molecule has 0 bridgehead atoms. The predicted molar refractivity (Wildman–Crippen MR) is 47.6 cm³/mol. The average Bonchev–Trinajstić information content (AvgIpc) is 2.17. The van der Waals surface area contributed by atoms with Gasteiger partial charge in [-0.25, -0.2) is 4.79 Å². The molecule has 0 unspecified atom stereocenters. The first-order chi connectivity index (χ1) is 6.27. The summed E-state index contributed by atoms with van der Waals surface area (Å²) < 4.78 is 0. The van der Waals surface area contributed by atoms with Crippen LogP contribution in [0.2, 0.25) is 0 Å². The third-order valence-corrected chi connectivity index (χ3v) is 1.72. The maximum atomic E-state index is 10.6. The predicted octanol–water partition coefficient (Wildman–Crippen LogP) is -1.56. The van der Waals surface area contributed by atoms with Crippen molar-refractivity contribution in [2.24, 2.45) is 0 Å². The van der Waals surface area contributed by atoms with Crippen molar-refractivity contribution in [2.45, 2.75) is 0 Å². The van der Waals surface area contributed by atoms with Crippen molar-refractivity contribution in [3.63, 3.8) is 0 Å². The van der Waals surface area contributed by atoms with Crippen LogP contribution in [-0.4, -0.2) is 21.0 Å². The van der Waals surface area contributed by atoms with Gasteiger partial charge in [-0.05, 0) is 18.2 Å². The second kappa shape index (κ2) is 4.23. The Morgan fingerprint density at radius 2 is 1.86 bits per heavy atom. The van der Waals surface area contributed by atoms with E-state index in [0.717, 1.165) is 0 Å². The van der Waals surface area contributed by atoms with E-state index in [9.17, 15) is 4.79 Å². The molecule has 0 amide bonds. The molecule has 0 aliphatic rings. The molecule has 2 aromatic rings. The van der Waals surface area contributed by atoms with Crippen molar-refractivity contribution < 1.29 is 30.2 Å². The minimum absolute atomic E-state index is 0. The van der Waals surface area contributed by atoms with Gasteiger partial charge in [-0.15, -0.1) is 0 Å². The Labute approximate surface area is 93.7 Å². The fraction of sp³-hybridized carbons (Fsp3) is 0. The van der Waals surface area contributed by atoms with Gasteiger partial charge in [0.2, 0.25) is 0 Å².